The molecule has 3 N–H and O–H groups in total. The Balaban J connectivity index is 1.89. The van der Waals surface area contributed by atoms with Gasteiger partial charge in [-0.2, -0.15) is 5.10 Å². The van der Waals surface area contributed by atoms with Crippen LogP contribution in [0.3, 0.4) is 0 Å². The van der Waals surface area contributed by atoms with Gasteiger partial charge in [0.25, 0.3) is 5.91 Å². The topological polar surface area (TPSA) is 92.2 Å². The minimum absolute atomic E-state index is 0.0296. The van der Waals surface area contributed by atoms with Gasteiger partial charge in [0.05, 0.1) is 32.7 Å². The SMILES string of the molecule is COc1ccccc1NCC(=O)NN=Cc1cccc(OC)c1O. The lowest BCUT2D eigenvalue weighted by Crippen LogP contribution is -2.26. The quantitative estimate of drug-likeness (QED) is 0.533. The molecule has 1 amide bonds. The molecule has 0 aliphatic heterocycles. The highest BCUT2D eigenvalue weighted by molar-refractivity contribution is 5.87. The van der Waals surface area contributed by atoms with Crippen molar-refractivity contribution in [1.29, 1.82) is 0 Å². The van der Waals surface area contributed by atoms with E-state index in [0.717, 1.165) is 0 Å². The molecule has 2 aromatic rings. The Labute approximate surface area is 139 Å². The number of rotatable bonds is 7. The Morgan fingerprint density at radius 3 is 2.58 bits per heavy atom. The predicted octanol–water partition coefficient (Wildman–Crippen LogP) is 1.97. The molecule has 2 aromatic carbocycles. The number of anilines is 1. The number of hydrazone groups is 1. The van der Waals surface area contributed by atoms with Crippen molar-refractivity contribution in [2.24, 2.45) is 5.10 Å². The highest BCUT2D eigenvalue weighted by Crippen LogP contribution is 2.27. The third-order valence-electron chi connectivity index (χ3n) is 3.19. The Morgan fingerprint density at radius 1 is 1.12 bits per heavy atom. The van der Waals surface area contributed by atoms with E-state index in [9.17, 15) is 9.90 Å². The molecular formula is C17H19N3O4. The van der Waals surface area contributed by atoms with Gasteiger partial charge in [-0.15, -0.1) is 0 Å². The van der Waals surface area contributed by atoms with E-state index in [0.29, 0.717) is 22.7 Å². The molecular weight excluding hydrogens is 310 g/mol. The Bertz CT molecular complexity index is 732. The molecule has 7 heteroatoms. The van der Waals surface area contributed by atoms with Crippen molar-refractivity contribution >= 4 is 17.8 Å². The van der Waals surface area contributed by atoms with E-state index in [1.807, 2.05) is 18.2 Å². The standard InChI is InChI=1S/C17H19N3O4/c1-23-14-8-4-3-7-13(14)18-11-16(21)20-19-10-12-6-5-9-15(24-2)17(12)22/h3-10,18,22H,11H2,1-2H3,(H,20,21). The number of amides is 1. The molecule has 2 rings (SSSR count). The monoisotopic (exact) mass is 329 g/mol. The van der Waals surface area contributed by atoms with Crippen LogP contribution in [0.25, 0.3) is 0 Å². The number of phenols is 1. The zero-order chi connectivity index (χ0) is 17.4. The fraction of sp³-hybridized carbons (Fsp3) is 0.176. The van der Waals surface area contributed by atoms with Gasteiger partial charge in [0.2, 0.25) is 0 Å². The molecule has 0 unspecified atom stereocenters. The van der Waals surface area contributed by atoms with Crippen LogP contribution < -0.4 is 20.2 Å². The fourth-order valence-electron chi connectivity index (χ4n) is 1.99. The number of benzene rings is 2. The maximum Gasteiger partial charge on any atom is 0.259 e. The number of phenolic OH excluding ortho intramolecular Hbond substituents is 1. The number of hydrogen-bond acceptors (Lipinski definition) is 6. The molecule has 0 saturated carbocycles. The zero-order valence-electron chi connectivity index (χ0n) is 13.4. The van der Waals surface area contributed by atoms with Crippen LogP contribution in [0.1, 0.15) is 5.56 Å². The number of aromatic hydroxyl groups is 1. The molecule has 0 atom stereocenters. The molecule has 126 valence electrons. The van der Waals surface area contributed by atoms with E-state index >= 15 is 0 Å². The summed E-state index contributed by atoms with van der Waals surface area (Å²) >= 11 is 0. The summed E-state index contributed by atoms with van der Waals surface area (Å²) in [6.45, 7) is 0.0296. The van der Waals surface area contributed by atoms with Gasteiger partial charge in [-0.05, 0) is 24.3 Å². The normalized spacial score (nSPS) is 10.4. The Hall–Kier alpha value is -3.22. The average molecular weight is 329 g/mol. The second kappa shape index (κ2) is 8.42. The summed E-state index contributed by atoms with van der Waals surface area (Å²) < 4.78 is 10.2. The number of hydrogen-bond donors (Lipinski definition) is 3. The van der Waals surface area contributed by atoms with Crippen LogP contribution in [0.15, 0.2) is 47.6 Å². The van der Waals surface area contributed by atoms with Crippen LogP contribution in [0.2, 0.25) is 0 Å². The number of methoxy groups -OCH3 is 2. The van der Waals surface area contributed by atoms with Crippen molar-refractivity contribution in [2.75, 3.05) is 26.1 Å². The Kier molecular flexibility index (Phi) is 6.01. The van der Waals surface area contributed by atoms with Gasteiger partial charge in [-0.25, -0.2) is 5.43 Å². The molecule has 7 nitrogen and oxygen atoms in total. The van der Waals surface area contributed by atoms with Crippen molar-refractivity contribution in [3.05, 3.63) is 48.0 Å². The molecule has 0 radical (unpaired) electrons. The summed E-state index contributed by atoms with van der Waals surface area (Å²) in [6.07, 6.45) is 1.35. The van der Waals surface area contributed by atoms with E-state index in [1.54, 1.807) is 31.4 Å². The second-order valence-electron chi connectivity index (χ2n) is 4.75. The molecule has 0 aliphatic rings. The minimum Gasteiger partial charge on any atom is -0.504 e. The van der Waals surface area contributed by atoms with Crippen molar-refractivity contribution in [3.63, 3.8) is 0 Å². The third-order valence-corrected chi connectivity index (χ3v) is 3.19. The highest BCUT2D eigenvalue weighted by atomic mass is 16.5. The van der Waals surface area contributed by atoms with E-state index in [1.165, 1.54) is 13.3 Å². The Morgan fingerprint density at radius 2 is 1.83 bits per heavy atom. The van der Waals surface area contributed by atoms with Crippen LogP contribution in [0.5, 0.6) is 17.2 Å². The molecule has 24 heavy (non-hydrogen) atoms. The van der Waals surface area contributed by atoms with E-state index in [4.69, 9.17) is 9.47 Å². The van der Waals surface area contributed by atoms with Gasteiger partial charge < -0.3 is 19.9 Å². The van der Waals surface area contributed by atoms with E-state index < -0.39 is 0 Å². The number of ether oxygens (including phenoxy) is 2. The van der Waals surface area contributed by atoms with Gasteiger partial charge in [-0.3, -0.25) is 4.79 Å². The van der Waals surface area contributed by atoms with Gasteiger partial charge in [-0.1, -0.05) is 18.2 Å². The molecule has 0 spiro atoms. The molecule has 0 aliphatic carbocycles. The number of nitrogens with zero attached hydrogens (tertiary/aromatic N) is 1. The van der Waals surface area contributed by atoms with Crippen molar-refractivity contribution < 1.29 is 19.4 Å². The maximum absolute atomic E-state index is 11.8. The predicted molar refractivity (Wildman–Crippen MR) is 91.9 cm³/mol. The number of carbonyl (C=O) groups excluding carboxylic acids is 1. The second-order valence-corrected chi connectivity index (χ2v) is 4.75. The lowest BCUT2D eigenvalue weighted by Gasteiger charge is -2.09. The average Bonchev–Trinajstić information content (AvgIpc) is 2.61. The van der Waals surface area contributed by atoms with Crippen LogP contribution in [-0.4, -0.2) is 38.0 Å². The molecule has 0 saturated heterocycles. The summed E-state index contributed by atoms with van der Waals surface area (Å²) in [5.41, 5.74) is 3.53. The van der Waals surface area contributed by atoms with E-state index in [2.05, 4.69) is 15.8 Å². The summed E-state index contributed by atoms with van der Waals surface area (Å²) in [6, 6.07) is 12.3. The fourth-order valence-corrected chi connectivity index (χ4v) is 1.99. The van der Waals surface area contributed by atoms with E-state index in [-0.39, 0.29) is 18.2 Å². The van der Waals surface area contributed by atoms with Gasteiger partial charge in [0.1, 0.15) is 5.75 Å². The molecule has 0 fully saturated rings. The smallest absolute Gasteiger partial charge is 0.259 e. The third kappa shape index (κ3) is 4.39. The molecule has 0 bridgehead atoms. The van der Waals surface area contributed by atoms with Crippen LogP contribution in [0, 0.1) is 0 Å². The van der Waals surface area contributed by atoms with Crippen LogP contribution in [0.4, 0.5) is 5.69 Å². The first-order valence-corrected chi connectivity index (χ1v) is 7.20. The molecule has 0 heterocycles. The number of nitrogens with one attached hydrogen (secondary N) is 2. The highest BCUT2D eigenvalue weighted by Gasteiger charge is 2.06. The zero-order valence-corrected chi connectivity index (χ0v) is 13.4. The van der Waals surface area contributed by atoms with Crippen molar-refractivity contribution in [1.82, 2.24) is 5.43 Å². The number of para-hydroxylation sites is 3. The first-order valence-electron chi connectivity index (χ1n) is 7.20. The lowest BCUT2D eigenvalue weighted by atomic mass is 10.2. The first-order chi connectivity index (χ1) is 11.7. The summed E-state index contributed by atoms with van der Waals surface area (Å²) in [5, 5.41) is 16.7. The minimum atomic E-state index is -0.334. The summed E-state index contributed by atoms with van der Waals surface area (Å²) in [5.74, 6) is 0.614. The molecule has 0 aromatic heterocycles. The lowest BCUT2D eigenvalue weighted by molar-refractivity contribution is -0.119. The number of carbonyl (C=O) groups is 1. The van der Waals surface area contributed by atoms with Crippen molar-refractivity contribution in [3.8, 4) is 17.2 Å². The largest absolute Gasteiger partial charge is 0.504 e. The maximum atomic E-state index is 11.8. The summed E-state index contributed by atoms with van der Waals surface area (Å²) in [7, 11) is 3.02. The first kappa shape index (κ1) is 17.1. The van der Waals surface area contributed by atoms with Gasteiger partial charge in [0.15, 0.2) is 11.5 Å². The van der Waals surface area contributed by atoms with Gasteiger partial charge in [0, 0.05) is 5.56 Å². The van der Waals surface area contributed by atoms with Crippen LogP contribution >= 0.6 is 0 Å². The van der Waals surface area contributed by atoms with Crippen molar-refractivity contribution in [2.45, 2.75) is 0 Å². The summed E-state index contributed by atoms with van der Waals surface area (Å²) in [4.78, 5) is 11.8. The van der Waals surface area contributed by atoms with Gasteiger partial charge >= 0.3 is 0 Å². The van der Waals surface area contributed by atoms with Crippen LogP contribution in [-0.2, 0) is 4.79 Å².